The van der Waals surface area contributed by atoms with E-state index in [-0.39, 0.29) is 0 Å². The maximum absolute atomic E-state index is 4.30. The van der Waals surface area contributed by atoms with Gasteiger partial charge < -0.3 is 10.6 Å². The van der Waals surface area contributed by atoms with Crippen molar-refractivity contribution in [2.75, 3.05) is 10.6 Å². The molecule has 2 heterocycles. The third-order valence-electron chi connectivity index (χ3n) is 5.62. The number of hydrogen-bond donors (Lipinski definition) is 4. The number of aryl methyl sites for hydroxylation is 4. The molecule has 4 rings (SSSR count). The minimum atomic E-state index is 0.730. The quantitative estimate of drug-likeness (QED) is 0.341. The van der Waals surface area contributed by atoms with Crippen molar-refractivity contribution in [3.8, 4) is 11.1 Å². The molecule has 0 saturated heterocycles. The first kappa shape index (κ1) is 19.8. The molecular weight excluding hydrogens is 372 g/mol. The fraction of sp³-hybridized carbons (Fsp3) is 0.250. The van der Waals surface area contributed by atoms with E-state index in [9.17, 15) is 0 Å². The van der Waals surface area contributed by atoms with Crippen LogP contribution in [0.1, 0.15) is 33.9 Å². The first-order valence-electron chi connectivity index (χ1n) is 10.2. The summed E-state index contributed by atoms with van der Waals surface area (Å²) in [5.74, 6) is 0. The molecule has 4 N–H and O–H groups in total. The number of aromatic amines is 2. The van der Waals surface area contributed by atoms with Crippen molar-refractivity contribution in [2.45, 2.75) is 40.8 Å². The third kappa shape index (κ3) is 3.94. The molecule has 0 bridgehead atoms. The van der Waals surface area contributed by atoms with Crippen LogP contribution in [0.15, 0.2) is 48.5 Å². The minimum absolute atomic E-state index is 0.730. The predicted molar refractivity (Wildman–Crippen MR) is 123 cm³/mol. The van der Waals surface area contributed by atoms with E-state index in [0.29, 0.717) is 0 Å². The highest BCUT2D eigenvalue weighted by molar-refractivity contribution is 5.86. The van der Waals surface area contributed by atoms with Crippen LogP contribution in [0.2, 0.25) is 0 Å². The van der Waals surface area contributed by atoms with Gasteiger partial charge in [-0.05, 0) is 39.8 Å². The monoisotopic (exact) mass is 400 g/mol. The van der Waals surface area contributed by atoms with E-state index in [1.54, 1.807) is 0 Å². The molecule has 154 valence electrons. The van der Waals surface area contributed by atoms with E-state index in [2.05, 4.69) is 93.4 Å². The lowest BCUT2D eigenvalue weighted by molar-refractivity contribution is 1.02. The zero-order chi connectivity index (χ0) is 21.1. The third-order valence-corrected chi connectivity index (χ3v) is 5.62. The number of nitrogens with one attached hydrogen (secondary N) is 4. The van der Waals surface area contributed by atoms with E-state index >= 15 is 0 Å². The van der Waals surface area contributed by atoms with Crippen LogP contribution >= 0.6 is 0 Å². The van der Waals surface area contributed by atoms with Crippen molar-refractivity contribution < 1.29 is 0 Å². The first-order valence-corrected chi connectivity index (χ1v) is 10.2. The Morgan fingerprint density at radius 3 is 1.40 bits per heavy atom. The first-order chi connectivity index (χ1) is 14.5. The molecule has 0 unspecified atom stereocenters. The van der Waals surface area contributed by atoms with Crippen LogP contribution < -0.4 is 10.6 Å². The summed E-state index contributed by atoms with van der Waals surface area (Å²) < 4.78 is 0. The second-order valence-electron chi connectivity index (χ2n) is 7.62. The minimum Gasteiger partial charge on any atom is -0.380 e. The molecule has 30 heavy (non-hydrogen) atoms. The summed E-state index contributed by atoms with van der Waals surface area (Å²) in [5, 5.41) is 21.9. The molecule has 0 aliphatic carbocycles. The van der Waals surface area contributed by atoms with Gasteiger partial charge in [-0.2, -0.15) is 10.2 Å². The molecular formula is C24H28N6. The van der Waals surface area contributed by atoms with Crippen LogP contribution in [0.25, 0.3) is 11.1 Å². The molecule has 2 aromatic carbocycles. The van der Waals surface area contributed by atoms with Gasteiger partial charge >= 0.3 is 0 Å². The van der Waals surface area contributed by atoms with Gasteiger partial charge in [-0.25, -0.2) is 0 Å². The zero-order valence-corrected chi connectivity index (χ0v) is 17.9. The van der Waals surface area contributed by atoms with E-state index < -0.39 is 0 Å². The Kier molecular flexibility index (Phi) is 5.57. The van der Waals surface area contributed by atoms with E-state index in [1.807, 2.05) is 13.8 Å². The second kappa shape index (κ2) is 8.45. The van der Waals surface area contributed by atoms with E-state index in [0.717, 1.165) is 47.2 Å². The van der Waals surface area contributed by atoms with E-state index in [1.165, 1.54) is 22.3 Å². The van der Waals surface area contributed by atoms with Gasteiger partial charge in [0.15, 0.2) is 0 Å². The summed E-state index contributed by atoms with van der Waals surface area (Å²) in [7, 11) is 0. The molecule has 0 saturated carbocycles. The standard InChI is InChI=1S/C24H28N6/c1-15-21(16(2)28-27-15)13-25-23-11-7-5-9-19(23)20-10-6-8-12-24(20)26-14-22-17(3)29-30-18(22)4/h5-12,25-26H,13-14H2,1-4H3,(H,27,28)(H,29,30). The van der Waals surface area contributed by atoms with Gasteiger partial charge in [0.25, 0.3) is 0 Å². The van der Waals surface area contributed by atoms with Crippen LogP contribution in [0.3, 0.4) is 0 Å². The molecule has 0 amide bonds. The predicted octanol–water partition coefficient (Wildman–Crippen LogP) is 5.26. The van der Waals surface area contributed by atoms with Gasteiger partial charge in [0, 0.05) is 58.1 Å². The molecule has 0 atom stereocenters. The van der Waals surface area contributed by atoms with Gasteiger partial charge in [-0.15, -0.1) is 0 Å². The summed E-state index contributed by atoms with van der Waals surface area (Å²) in [6.45, 7) is 9.64. The summed E-state index contributed by atoms with van der Waals surface area (Å²) in [4.78, 5) is 0. The molecule has 0 radical (unpaired) electrons. The lowest BCUT2D eigenvalue weighted by Crippen LogP contribution is -2.05. The highest BCUT2D eigenvalue weighted by Gasteiger charge is 2.12. The van der Waals surface area contributed by atoms with Crippen molar-refractivity contribution in [3.63, 3.8) is 0 Å². The number of nitrogens with zero attached hydrogens (tertiary/aromatic N) is 2. The smallest absolute Gasteiger partial charge is 0.0643 e. The Bertz CT molecular complexity index is 1020. The SMILES string of the molecule is Cc1n[nH]c(C)c1CNc1ccccc1-c1ccccc1NCc1c(C)n[nH]c1C. The van der Waals surface area contributed by atoms with Crippen LogP contribution in [-0.2, 0) is 13.1 Å². The number of para-hydroxylation sites is 2. The van der Waals surface area contributed by atoms with Crippen molar-refractivity contribution >= 4 is 11.4 Å². The Morgan fingerprint density at radius 2 is 1.03 bits per heavy atom. The van der Waals surface area contributed by atoms with Gasteiger partial charge in [-0.3, -0.25) is 10.2 Å². The lowest BCUT2D eigenvalue weighted by atomic mass is 10.0. The average Bonchev–Trinajstić information content (AvgIpc) is 3.25. The fourth-order valence-corrected chi connectivity index (χ4v) is 3.78. The Hall–Kier alpha value is -3.54. The molecule has 2 aromatic heterocycles. The largest absolute Gasteiger partial charge is 0.380 e. The van der Waals surface area contributed by atoms with E-state index in [4.69, 9.17) is 0 Å². The van der Waals surface area contributed by atoms with Crippen molar-refractivity contribution in [3.05, 3.63) is 82.4 Å². The topological polar surface area (TPSA) is 81.4 Å². The van der Waals surface area contributed by atoms with Crippen molar-refractivity contribution in [1.82, 2.24) is 20.4 Å². The Labute approximate surface area is 177 Å². The van der Waals surface area contributed by atoms with Gasteiger partial charge in [0.1, 0.15) is 0 Å². The van der Waals surface area contributed by atoms with Gasteiger partial charge in [-0.1, -0.05) is 36.4 Å². The summed E-state index contributed by atoms with van der Waals surface area (Å²) in [6, 6.07) is 16.9. The average molecular weight is 401 g/mol. The van der Waals surface area contributed by atoms with Crippen LogP contribution in [0.5, 0.6) is 0 Å². The Balaban J connectivity index is 1.60. The maximum Gasteiger partial charge on any atom is 0.0643 e. The molecule has 0 aliphatic heterocycles. The number of aromatic nitrogens is 4. The number of H-pyrrole nitrogens is 2. The number of anilines is 2. The number of hydrogen-bond acceptors (Lipinski definition) is 4. The zero-order valence-electron chi connectivity index (χ0n) is 17.9. The molecule has 6 nitrogen and oxygen atoms in total. The van der Waals surface area contributed by atoms with Crippen LogP contribution in [0.4, 0.5) is 11.4 Å². The highest BCUT2D eigenvalue weighted by atomic mass is 15.1. The second-order valence-corrected chi connectivity index (χ2v) is 7.62. The lowest BCUT2D eigenvalue weighted by Gasteiger charge is -2.17. The summed E-state index contributed by atoms with van der Waals surface area (Å²) in [5.41, 5.74) is 11.2. The molecule has 0 fully saturated rings. The summed E-state index contributed by atoms with van der Waals surface area (Å²) in [6.07, 6.45) is 0. The molecule has 0 aliphatic rings. The van der Waals surface area contributed by atoms with Gasteiger partial charge in [0.2, 0.25) is 0 Å². The molecule has 4 aromatic rings. The van der Waals surface area contributed by atoms with Crippen molar-refractivity contribution in [2.24, 2.45) is 0 Å². The van der Waals surface area contributed by atoms with Crippen LogP contribution in [-0.4, -0.2) is 20.4 Å². The number of rotatable bonds is 7. The van der Waals surface area contributed by atoms with Crippen LogP contribution in [0, 0.1) is 27.7 Å². The maximum atomic E-state index is 4.30. The fourth-order valence-electron chi connectivity index (χ4n) is 3.78. The van der Waals surface area contributed by atoms with Gasteiger partial charge in [0.05, 0.1) is 11.4 Å². The van der Waals surface area contributed by atoms with Crippen molar-refractivity contribution in [1.29, 1.82) is 0 Å². The number of benzene rings is 2. The molecule has 0 spiro atoms. The molecule has 6 heteroatoms. The highest BCUT2D eigenvalue weighted by Crippen LogP contribution is 2.34. The normalized spacial score (nSPS) is 10.9. The summed E-state index contributed by atoms with van der Waals surface area (Å²) >= 11 is 0. The Morgan fingerprint density at radius 1 is 0.633 bits per heavy atom.